The van der Waals surface area contributed by atoms with Crippen LogP contribution < -0.4 is 0 Å². The van der Waals surface area contributed by atoms with Gasteiger partial charge >= 0.3 is 0 Å². The Kier molecular flexibility index (Phi) is 3.80. The van der Waals surface area contributed by atoms with Crippen LogP contribution in [0.2, 0.25) is 0 Å². The van der Waals surface area contributed by atoms with Crippen molar-refractivity contribution < 1.29 is 13.8 Å². The Morgan fingerprint density at radius 2 is 1.19 bits per heavy atom. The van der Waals surface area contributed by atoms with Crippen LogP contribution in [0.5, 0.6) is 0 Å². The summed E-state index contributed by atoms with van der Waals surface area (Å²) in [5.74, 6) is 1.12. The molecule has 0 aliphatic heterocycles. The smallest absolute Gasteiger partial charge is 0.150 e. The number of hydrogen-bond acceptors (Lipinski definition) is 1. The van der Waals surface area contributed by atoms with Gasteiger partial charge in [0.15, 0.2) is 0 Å². The van der Waals surface area contributed by atoms with Crippen LogP contribution >= 0.6 is 0 Å². The summed E-state index contributed by atoms with van der Waals surface area (Å²) < 4.78 is 1.79. The summed E-state index contributed by atoms with van der Waals surface area (Å²) in [6.45, 7) is 1.99. The van der Waals surface area contributed by atoms with Crippen molar-refractivity contribution in [3.05, 3.63) is 0 Å². The number of carbonyl (C=O) groups is 1. The molecule has 0 amide bonds. The van der Waals surface area contributed by atoms with Crippen LogP contribution in [0.3, 0.4) is 0 Å². The first-order valence-electron chi connectivity index (χ1n) is 6.23. The second-order valence-corrected chi connectivity index (χ2v) is 7.32. The van der Waals surface area contributed by atoms with E-state index in [1.54, 1.807) is 0 Å². The Hall–Kier alpha value is -0.410. The van der Waals surface area contributed by atoms with E-state index in [-0.39, 0.29) is 0 Å². The fraction of sp³-hybridized carbons (Fsp3) is 0.923. The monoisotopic (exact) mass is 228 g/mol. The molecule has 94 valence electrons. The highest BCUT2D eigenvalue weighted by Crippen LogP contribution is 2.29. The highest BCUT2D eigenvalue weighted by molar-refractivity contribution is 5.85. The van der Waals surface area contributed by atoms with Gasteiger partial charge in [-0.05, 0) is 12.8 Å². The molecule has 0 N–H and O–H groups in total. The zero-order valence-corrected chi connectivity index (χ0v) is 11.8. The number of quaternary nitrogens is 2. The molecular weight excluding hydrogens is 200 g/mol. The van der Waals surface area contributed by atoms with Gasteiger partial charge in [0, 0.05) is 0 Å². The predicted molar refractivity (Wildman–Crippen MR) is 67.0 cm³/mol. The summed E-state index contributed by atoms with van der Waals surface area (Å²) >= 11 is 0. The van der Waals surface area contributed by atoms with E-state index in [1.165, 1.54) is 0 Å². The number of hydrogen-bond donors (Lipinski definition) is 0. The van der Waals surface area contributed by atoms with Crippen molar-refractivity contribution in [3.63, 3.8) is 0 Å². The molecule has 1 saturated carbocycles. The fourth-order valence-electron chi connectivity index (χ4n) is 2.71. The molecule has 0 heterocycles. The van der Waals surface area contributed by atoms with Crippen molar-refractivity contribution in [3.8, 4) is 0 Å². The lowest BCUT2D eigenvalue weighted by Crippen LogP contribution is -2.43. The molecule has 3 heteroatoms. The maximum atomic E-state index is 12.2. The number of ketones is 1. The standard InChI is InChI=1S/C13H28N2O/c1-14(2,3)9-11-7-8-12(13(11)16)10-15(4,5)6/h11-12H,7-10H2,1-6H3/q+2. The molecule has 0 bridgehead atoms. The molecule has 0 radical (unpaired) electrons. The Balaban J connectivity index is 2.55. The number of nitrogens with zero attached hydrogens (tertiary/aromatic N) is 2. The first kappa shape index (κ1) is 13.7. The molecule has 16 heavy (non-hydrogen) atoms. The van der Waals surface area contributed by atoms with Gasteiger partial charge in [-0.2, -0.15) is 0 Å². The van der Waals surface area contributed by atoms with Crippen molar-refractivity contribution in [1.29, 1.82) is 0 Å². The van der Waals surface area contributed by atoms with Crippen LogP contribution in [-0.2, 0) is 4.79 Å². The zero-order chi connectivity index (χ0) is 12.6. The predicted octanol–water partition coefficient (Wildman–Crippen LogP) is 0.994. The maximum Gasteiger partial charge on any atom is 0.150 e. The minimum Gasteiger partial charge on any atom is -0.330 e. The van der Waals surface area contributed by atoms with Gasteiger partial charge in [0.1, 0.15) is 5.78 Å². The summed E-state index contributed by atoms with van der Waals surface area (Å²) in [6.07, 6.45) is 2.19. The summed E-state index contributed by atoms with van der Waals surface area (Å²) in [5, 5.41) is 0. The summed E-state index contributed by atoms with van der Waals surface area (Å²) in [5.41, 5.74) is 0. The molecule has 1 fully saturated rings. The van der Waals surface area contributed by atoms with Crippen LogP contribution in [-0.4, -0.2) is 70.1 Å². The van der Waals surface area contributed by atoms with Crippen molar-refractivity contribution in [2.24, 2.45) is 11.8 Å². The van der Waals surface area contributed by atoms with E-state index >= 15 is 0 Å². The molecule has 3 nitrogen and oxygen atoms in total. The molecular formula is C13H28N2O+2. The molecule has 1 aliphatic rings. The van der Waals surface area contributed by atoms with Crippen molar-refractivity contribution in [2.45, 2.75) is 12.8 Å². The van der Waals surface area contributed by atoms with E-state index in [4.69, 9.17) is 0 Å². The molecule has 0 spiro atoms. The van der Waals surface area contributed by atoms with Crippen molar-refractivity contribution >= 4 is 5.78 Å². The second kappa shape index (κ2) is 4.46. The van der Waals surface area contributed by atoms with E-state index in [0.29, 0.717) is 17.6 Å². The first-order chi connectivity index (χ1) is 7.08. The van der Waals surface area contributed by atoms with Gasteiger partial charge in [0.2, 0.25) is 0 Å². The Morgan fingerprint density at radius 1 is 0.875 bits per heavy atom. The number of rotatable bonds is 4. The zero-order valence-electron chi connectivity index (χ0n) is 11.8. The Morgan fingerprint density at radius 3 is 1.44 bits per heavy atom. The molecule has 2 unspecified atom stereocenters. The second-order valence-electron chi connectivity index (χ2n) is 7.32. The molecule has 0 aromatic carbocycles. The third-order valence-electron chi connectivity index (χ3n) is 3.20. The first-order valence-corrected chi connectivity index (χ1v) is 6.23. The highest BCUT2D eigenvalue weighted by atomic mass is 16.1. The van der Waals surface area contributed by atoms with Crippen molar-refractivity contribution in [2.75, 3.05) is 55.4 Å². The topological polar surface area (TPSA) is 17.1 Å². The van der Waals surface area contributed by atoms with E-state index < -0.39 is 0 Å². The minimum atomic E-state index is 0.302. The molecule has 0 aromatic heterocycles. The van der Waals surface area contributed by atoms with E-state index in [9.17, 15) is 4.79 Å². The molecule has 1 rings (SSSR count). The number of Topliss-reactive ketones (excluding diaryl/α,β-unsaturated/α-hetero) is 1. The number of carbonyl (C=O) groups excluding carboxylic acids is 1. The Bertz CT molecular complexity index is 234. The SMILES string of the molecule is C[N+](C)(C)CC1CCC(C[N+](C)(C)C)C1=O. The minimum absolute atomic E-state index is 0.302. The third-order valence-corrected chi connectivity index (χ3v) is 3.20. The van der Waals surface area contributed by atoms with E-state index in [2.05, 4.69) is 42.3 Å². The van der Waals surface area contributed by atoms with Crippen LogP contribution in [0.25, 0.3) is 0 Å². The lowest BCUT2D eigenvalue weighted by Gasteiger charge is -2.28. The van der Waals surface area contributed by atoms with Crippen LogP contribution in [0, 0.1) is 11.8 Å². The van der Waals surface area contributed by atoms with Gasteiger partial charge in [-0.3, -0.25) is 4.79 Å². The van der Waals surface area contributed by atoms with Gasteiger partial charge in [0.05, 0.1) is 67.2 Å². The van der Waals surface area contributed by atoms with E-state index in [1.807, 2.05) is 0 Å². The maximum absolute atomic E-state index is 12.2. The van der Waals surface area contributed by atoms with Crippen LogP contribution in [0.1, 0.15) is 12.8 Å². The average molecular weight is 228 g/mol. The molecule has 1 aliphatic carbocycles. The average Bonchev–Trinajstić information content (AvgIpc) is 2.30. The molecule has 2 atom stereocenters. The normalized spacial score (nSPS) is 27.5. The summed E-state index contributed by atoms with van der Waals surface area (Å²) in [4.78, 5) is 12.2. The van der Waals surface area contributed by atoms with Gasteiger partial charge < -0.3 is 8.97 Å². The van der Waals surface area contributed by atoms with Gasteiger partial charge in [-0.25, -0.2) is 0 Å². The lowest BCUT2D eigenvalue weighted by atomic mass is 10.0. The van der Waals surface area contributed by atoms with Gasteiger partial charge in [-0.15, -0.1) is 0 Å². The highest BCUT2D eigenvalue weighted by Gasteiger charge is 2.39. The molecule has 0 saturated heterocycles. The van der Waals surface area contributed by atoms with E-state index in [0.717, 1.165) is 34.9 Å². The van der Waals surface area contributed by atoms with Crippen LogP contribution in [0.4, 0.5) is 0 Å². The Labute approximate surface area is 100 Å². The largest absolute Gasteiger partial charge is 0.330 e. The third kappa shape index (κ3) is 4.22. The fourth-order valence-corrected chi connectivity index (χ4v) is 2.71. The van der Waals surface area contributed by atoms with Gasteiger partial charge in [-0.1, -0.05) is 0 Å². The summed E-state index contributed by atoms with van der Waals surface area (Å²) in [7, 11) is 13.0. The summed E-state index contributed by atoms with van der Waals surface area (Å²) in [6, 6.07) is 0. The quantitative estimate of drug-likeness (QED) is 0.656. The van der Waals surface area contributed by atoms with Crippen molar-refractivity contribution in [1.82, 2.24) is 0 Å². The molecule has 0 aromatic rings. The van der Waals surface area contributed by atoms with Crippen LogP contribution in [0.15, 0.2) is 0 Å². The lowest BCUT2D eigenvalue weighted by molar-refractivity contribution is -0.873. The van der Waals surface area contributed by atoms with Gasteiger partial charge in [0.25, 0.3) is 0 Å².